The van der Waals surface area contributed by atoms with E-state index in [1.54, 1.807) is 6.08 Å². The molecule has 0 saturated carbocycles. The van der Waals surface area contributed by atoms with E-state index in [-0.39, 0.29) is 6.61 Å². The van der Waals surface area contributed by atoms with E-state index >= 15 is 0 Å². The molecule has 0 unspecified atom stereocenters. The Balaban J connectivity index is 2.12. The van der Waals surface area contributed by atoms with Crippen LogP contribution in [0, 0.1) is 11.8 Å². The van der Waals surface area contributed by atoms with E-state index < -0.39 is 0 Å². The smallest absolute Gasteiger partial charge is 0.0615 e. The number of rotatable bonds is 2. The molecule has 88 valence electrons. The van der Waals surface area contributed by atoms with Crippen LogP contribution in [0.3, 0.4) is 0 Å². The molecule has 0 heterocycles. The minimum absolute atomic E-state index is 0.0650. The first-order chi connectivity index (χ1) is 8.88. The van der Waals surface area contributed by atoms with Crippen molar-refractivity contribution < 1.29 is 5.11 Å². The van der Waals surface area contributed by atoms with Crippen molar-refractivity contribution in [2.45, 2.75) is 0 Å². The Morgan fingerprint density at radius 1 is 0.833 bits per heavy atom. The molecule has 1 nitrogen and oxygen atoms in total. The van der Waals surface area contributed by atoms with E-state index in [0.29, 0.717) is 0 Å². The van der Waals surface area contributed by atoms with Gasteiger partial charge in [-0.3, -0.25) is 0 Å². The topological polar surface area (TPSA) is 20.2 Å². The summed E-state index contributed by atoms with van der Waals surface area (Å²) in [5.74, 6) is 6.24. The quantitative estimate of drug-likeness (QED) is 0.792. The Kier molecular flexibility index (Phi) is 4.35. The zero-order valence-electron chi connectivity index (χ0n) is 10.0. The molecule has 0 spiro atoms. The summed E-state index contributed by atoms with van der Waals surface area (Å²) in [4.78, 5) is 0. The summed E-state index contributed by atoms with van der Waals surface area (Å²) in [7, 11) is 0. The van der Waals surface area contributed by atoms with Crippen LogP contribution in [-0.4, -0.2) is 11.7 Å². The van der Waals surface area contributed by atoms with Crippen molar-refractivity contribution in [1.82, 2.24) is 0 Å². The van der Waals surface area contributed by atoms with Crippen molar-refractivity contribution in [3.8, 4) is 11.8 Å². The number of benzene rings is 2. The summed E-state index contributed by atoms with van der Waals surface area (Å²) in [5.41, 5.74) is 3.07. The molecule has 2 aromatic rings. The summed E-state index contributed by atoms with van der Waals surface area (Å²) in [5, 5.41) is 8.68. The Morgan fingerprint density at radius 3 is 2.06 bits per heavy atom. The molecular formula is C17H14O. The average Bonchev–Trinajstić information content (AvgIpc) is 2.45. The van der Waals surface area contributed by atoms with Crippen LogP contribution in [0.1, 0.15) is 16.7 Å². The van der Waals surface area contributed by atoms with Crippen LogP contribution in [0.15, 0.2) is 60.7 Å². The molecule has 0 aromatic heterocycles. The van der Waals surface area contributed by atoms with Crippen LogP contribution in [0.5, 0.6) is 0 Å². The van der Waals surface area contributed by atoms with Crippen molar-refractivity contribution in [2.24, 2.45) is 0 Å². The first-order valence-corrected chi connectivity index (χ1v) is 5.83. The molecule has 0 radical (unpaired) electrons. The van der Waals surface area contributed by atoms with E-state index in [0.717, 1.165) is 16.7 Å². The highest BCUT2D eigenvalue weighted by atomic mass is 16.2. The van der Waals surface area contributed by atoms with E-state index in [4.69, 9.17) is 5.11 Å². The standard InChI is InChI=1S/C17H14O/c18-14-4-7-16-9-12-17(13-10-16)11-8-15-5-2-1-3-6-15/h1-7,9-10,12-13,18H,14H2/b7-4+. The maximum atomic E-state index is 8.68. The third kappa shape index (κ3) is 3.62. The van der Waals surface area contributed by atoms with Gasteiger partial charge in [0.05, 0.1) is 6.61 Å². The number of aliphatic hydroxyl groups excluding tert-OH is 1. The molecule has 18 heavy (non-hydrogen) atoms. The van der Waals surface area contributed by atoms with Crippen molar-refractivity contribution in [2.75, 3.05) is 6.61 Å². The van der Waals surface area contributed by atoms with E-state index in [2.05, 4.69) is 11.8 Å². The molecule has 0 saturated heterocycles. The van der Waals surface area contributed by atoms with Gasteiger partial charge in [-0.05, 0) is 29.8 Å². The Labute approximate surface area is 107 Å². The van der Waals surface area contributed by atoms with Gasteiger partial charge in [0.2, 0.25) is 0 Å². The second-order valence-electron chi connectivity index (χ2n) is 3.82. The highest BCUT2D eigenvalue weighted by Crippen LogP contribution is 2.05. The average molecular weight is 234 g/mol. The summed E-state index contributed by atoms with van der Waals surface area (Å²) in [6.45, 7) is 0.0650. The Morgan fingerprint density at radius 2 is 1.44 bits per heavy atom. The summed E-state index contributed by atoms with van der Waals surface area (Å²) in [6.07, 6.45) is 3.60. The third-order valence-electron chi connectivity index (χ3n) is 2.45. The molecule has 0 amide bonds. The molecular weight excluding hydrogens is 220 g/mol. The maximum Gasteiger partial charge on any atom is 0.0615 e. The molecule has 2 aromatic carbocycles. The highest BCUT2D eigenvalue weighted by Gasteiger charge is 1.88. The van der Waals surface area contributed by atoms with Gasteiger partial charge in [0.25, 0.3) is 0 Å². The lowest BCUT2D eigenvalue weighted by atomic mass is 10.1. The third-order valence-corrected chi connectivity index (χ3v) is 2.45. The molecule has 1 heteroatoms. The van der Waals surface area contributed by atoms with Gasteiger partial charge in [-0.15, -0.1) is 0 Å². The summed E-state index contributed by atoms with van der Waals surface area (Å²) in [6, 6.07) is 17.9. The van der Waals surface area contributed by atoms with Crippen molar-refractivity contribution in [3.63, 3.8) is 0 Å². The lowest BCUT2D eigenvalue weighted by Crippen LogP contribution is -1.78. The molecule has 0 atom stereocenters. The Hall–Kier alpha value is -2.30. The van der Waals surface area contributed by atoms with Crippen LogP contribution >= 0.6 is 0 Å². The van der Waals surface area contributed by atoms with Crippen molar-refractivity contribution in [3.05, 3.63) is 77.4 Å². The van der Waals surface area contributed by atoms with Gasteiger partial charge in [0.1, 0.15) is 0 Å². The van der Waals surface area contributed by atoms with Gasteiger partial charge >= 0.3 is 0 Å². The van der Waals surface area contributed by atoms with Gasteiger partial charge in [-0.2, -0.15) is 0 Å². The highest BCUT2D eigenvalue weighted by molar-refractivity contribution is 5.52. The molecule has 0 aliphatic rings. The number of hydrogen-bond donors (Lipinski definition) is 1. The molecule has 0 aliphatic carbocycles. The van der Waals surface area contributed by atoms with E-state index in [1.807, 2.05) is 60.7 Å². The Bertz CT molecular complexity index is 569. The second-order valence-corrected chi connectivity index (χ2v) is 3.82. The lowest BCUT2D eigenvalue weighted by molar-refractivity contribution is 0.343. The van der Waals surface area contributed by atoms with Crippen molar-refractivity contribution >= 4 is 6.08 Å². The number of hydrogen-bond acceptors (Lipinski definition) is 1. The number of aliphatic hydroxyl groups is 1. The fourth-order valence-electron chi connectivity index (χ4n) is 1.53. The van der Waals surface area contributed by atoms with Gasteiger partial charge in [0.15, 0.2) is 0 Å². The van der Waals surface area contributed by atoms with Gasteiger partial charge in [-0.25, -0.2) is 0 Å². The minimum atomic E-state index is 0.0650. The predicted molar refractivity (Wildman–Crippen MR) is 75.0 cm³/mol. The van der Waals surface area contributed by atoms with Crippen LogP contribution in [0.25, 0.3) is 6.08 Å². The van der Waals surface area contributed by atoms with Gasteiger partial charge < -0.3 is 5.11 Å². The van der Waals surface area contributed by atoms with Crippen LogP contribution in [0.4, 0.5) is 0 Å². The lowest BCUT2D eigenvalue weighted by Gasteiger charge is -1.93. The monoisotopic (exact) mass is 234 g/mol. The van der Waals surface area contributed by atoms with Crippen molar-refractivity contribution in [1.29, 1.82) is 0 Å². The largest absolute Gasteiger partial charge is 0.392 e. The fraction of sp³-hybridized carbons (Fsp3) is 0.0588. The van der Waals surface area contributed by atoms with Crippen LogP contribution in [-0.2, 0) is 0 Å². The SMILES string of the molecule is OC/C=C/c1ccc(C#Cc2ccccc2)cc1. The zero-order chi connectivity index (χ0) is 12.6. The normalized spacial score (nSPS) is 10.1. The predicted octanol–water partition coefficient (Wildman–Crippen LogP) is 3.09. The zero-order valence-corrected chi connectivity index (χ0v) is 10.0. The van der Waals surface area contributed by atoms with Gasteiger partial charge in [-0.1, -0.05) is 54.3 Å². The van der Waals surface area contributed by atoms with Crippen LogP contribution in [0.2, 0.25) is 0 Å². The maximum absolute atomic E-state index is 8.68. The fourth-order valence-corrected chi connectivity index (χ4v) is 1.53. The van der Waals surface area contributed by atoms with E-state index in [1.165, 1.54) is 0 Å². The van der Waals surface area contributed by atoms with Gasteiger partial charge in [0, 0.05) is 11.1 Å². The molecule has 0 fully saturated rings. The van der Waals surface area contributed by atoms with Crippen LogP contribution < -0.4 is 0 Å². The molecule has 2 rings (SSSR count). The first kappa shape index (κ1) is 12.2. The molecule has 0 aliphatic heterocycles. The first-order valence-electron chi connectivity index (χ1n) is 5.83. The minimum Gasteiger partial charge on any atom is -0.392 e. The second kappa shape index (κ2) is 6.44. The summed E-state index contributed by atoms with van der Waals surface area (Å²) >= 11 is 0. The molecule has 0 bridgehead atoms. The van der Waals surface area contributed by atoms with E-state index in [9.17, 15) is 0 Å². The molecule has 1 N–H and O–H groups in total. The summed E-state index contributed by atoms with van der Waals surface area (Å²) < 4.78 is 0.